The van der Waals surface area contributed by atoms with Gasteiger partial charge in [0.15, 0.2) is 6.10 Å². The highest BCUT2D eigenvalue weighted by molar-refractivity contribution is 7.15. The minimum Gasteiger partial charge on any atom is -0.480 e. The number of carbonyl (C=O) groups excluding carboxylic acids is 1. The molecule has 0 aliphatic heterocycles. The number of aromatic nitrogens is 2. The fourth-order valence-corrected chi connectivity index (χ4v) is 2.63. The molecule has 1 heterocycles. The van der Waals surface area contributed by atoms with Gasteiger partial charge in [0, 0.05) is 0 Å². The van der Waals surface area contributed by atoms with Crippen LogP contribution in [0.3, 0.4) is 0 Å². The van der Waals surface area contributed by atoms with Crippen LogP contribution in [0.2, 0.25) is 0 Å². The van der Waals surface area contributed by atoms with Crippen LogP contribution >= 0.6 is 11.3 Å². The van der Waals surface area contributed by atoms with Crippen molar-refractivity contribution >= 4 is 22.4 Å². The minimum atomic E-state index is -0.547. The van der Waals surface area contributed by atoms with E-state index in [9.17, 15) is 4.79 Å². The molecule has 0 aliphatic rings. The zero-order valence-electron chi connectivity index (χ0n) is 13.3. The third-order valence-electron chi connectivity index (χ3n) is 3.28. The van der Waals surface area contributed by atoms with E-state index in [2.05, 4.69) is 15.5 Å². The van der Waals surface area contributed by atoms with Crippen LogP contribution in [0.15, 0.2) is 18.2 Å². The lowest BCUT2D eigenvalue weighted by molar-refractivity contribution is -0.122. The van der Waals surface area contributed by atoms with E-state index in [1.54, 1.807) is 0 Å². The number of amides is 1. The van der Waals surface area contributed by atoms with Gasteiger partial charge in [0.25, 0.3) is 5.91 Å². The van der Waals surface area contributed by atoms with Gasteiger partial charge in [-0.05, 0) is 43.9 Å². The number of benzene rings is 1. The fourth-order valence-electron chi connectivity index (χ4n) is 1.94. The molecular formula is C16H21N3O2S. The summed E-state index contributed by atoms with van der Waals surface area (Å²) in [7, 11) is 0. The van der Waals surface area contributed by atoms with Crippen LogP contribution in [0.1, 0.15) is 36.4 Å². The molecule has 6 heteroatoms. The van der Waals surface area contributed by atoms with Gasteiger partial charge >= 0.3 is 0 Å². The van der Waals surface area contributed by atoms with Crippen LogP contribution in [-0.2, 0) is 11.2 Å². The second kappa shape index (κ2) is 7.35. The summed E-state index contributed by atoms with van der Waals surface area (Å²) in [6.07, 6.45) is 0.844. The molecule has 2 rings (SSSR count). The zero-order valence-corrected chi connectivity index (χ0v) is 14.2. The molecule has 0 radical (unpaired) electrons. The predicted octanol–water partition coefficient (Wildman–Crippen LogP) is 3.51. The second-order valence-corrected chi connectivity index (χ2v) is 6.19. The Kier molecular flexibility index (Phi) is 5.49. The molecule has 1 atom stereocenters. The fraction of sp³-hybridized carbons (Fsp3) is 0.438. The summed E-state index contributed by atoms with van der Waals surface area (Å²) < 4.78 is 5.89. The van der Waals surface area contributed by atoms with E-state index in [1.165, 1.54) is 11.3 Å². The maximum absolute atomic E-state index is 12.3. The van der Waals surface area contributed by atoms with E-state index < -0.39 is 6.10 Å². The number of nitrogens with one attached hydrogen (secondary N) is 1. The average Bonchev–Trinajstić information content (AvgIpc) is 2.95. The zero-order chi connectivity index (χ0) is 16.1. The molecule has 0 aliphatic carbocycles. The van der Waals surface area contributed by atoms with Gasteiger partial charge in [-0.1, -0.05) is 37.3 Å². The smallest absolute Gasteiger partial charge is 0.267 e. The molecule has 0 saturated heterocycles. The Bertz CT molecular complexity index is 655. The average molecular weight is 319 g/mol. The number of aryl methyl sites for hydroxylation is 3. The number of hydrogen-bond donors (Lipinski definition) is 1. The van der Waals surface area contributed by atoms with E-state index in [4.69, 9.17) is 4.74 Å². The van der Waals surface area contributed by atoms with Crippen LogP contribution in [-0.4, -0.2) is 22.2 Å². The van der Waals surface area contributed by atoms with E-state index >= 15 is 0 Å². The monoisotopic (exact) mass is 319 g/mol. The first-order valence-electron chi connectivity index (χ1n) is 7.40. The van der Waals surface area contributed by atoms with Crippen molar-refractivity contribution in [2.24, 2.45) is 0 Å². The van der Waals surface area contributed by atoms with E-state index in [0.29, 0.717) is 11.6 Å². The number of rotatable bonds is 6. The Labute approximate surface area is 134 Å². The van der Waals surface area contributed by atoms with Crippen LogP contribution < -0.4 is 10.1 Å². The molecule has 1 aromatic carbocycles. The lowest BCUT2D eigenvalue weighted by atomic mass is 10.1. The maximum Gasteiger partial charge on any atom is 0.267 e. The predicted molar refractivity (Wildman–Crippen MR) is 88.5 cm³/mol. The highest BCUT2D eigenvalue weighted by Crippen LogP contribution is 2.22. The number of hydrogen-bond acceptors (Lipinski definition) is 5. The molecule has 0 unspecified atom stereocenters. The number of anilines is 1. The van der Waals surface area contributed by atoms with Crippen LogP contribution in [0.5, 0.6) is 5.75 Å². The summed E-state index contributed by atoms with van der Waals surface area (Å²) in [6, 6.07) is 5.97. The van der Waals surface area contributed by atoms with Gasteiger partial charge in [-0.3, -0.25) is 10.1 Å². The number of carbonyl (C=O) groups is 1. The van der Waals surface area contributed by atoms with Gasteiger partial charge < -0.3 is 4.74 Å². The maximum atomic E-state index is 12.3. The molecular weight excluding hydrogens is 298 g/mol. The molecule has 1 amide bonds. The molecule has 1 N–H and O–H groups in total. The van der Waals surface area contributed by atoms with Crippen molar-refractivity contribution < 1.29 is 9.53 Å². The molecule has 0 saturated carbocycles. The van der Waals surface area contributed by atoms with E-state index in [0.717, 1.165) is 28.3 Å². The Morgan fingerprint density at radius 2 is 2.09 bits per heavy atom. The van der Waals surface area contributed by atoms with E-state index in [-0.39, 0.29) is 5.91 Å². The van der Waals surface area contributed by atoms with Gasteiger partial charge in [-0.25, -0.2) is 0 Å². The molecule has 22 heavy (non-hydrogen) atoms. The quantitative estimate of drug-likeness (QED) is 0.885. The summed E-state index contributed by atoms with van der Waals surface area (Å²) in [5, 5.41) is 12.2. The summed E-state index contributed by atoms with van der Waals surface area (Å²) in [6.45, 7) is 7.90. The summed E-state index contributed by atoms with van der Waals surface area (Å²) in [5.74, 6) is 0.552. The van der Waals surface area contributed by atoms with Gasteiger partial charge in [0.2, 0.25) is 5.13 Å². The lowest BCUT2D eigenvalue weighted by Crippen LogP contribution is -2.32. The van der Waals surface area contributed by atoms with Crippen LogP contribution in [0.4, 0.5) is 5.13 Å². The number of nitrogens with zero attached hydrogens (tertiary/aromatic N) is 2. The van der Waals surface area contributed by atoms with Crippen molar-refractivity contribution in [1.29, 1.82) is 0 Å². The first-order chi connectivity index (χ1) is 10.5. The Hall–Kier alpha value is -1.95. The SMILES string of the molecule is CCc1nnc(NC(=O)[C@H](CC)Oc2cc(C)ccc2C)s1. The van der Waals surface area contributed by atoms with Gasteiger partial charge in [-0.15, -0.1) is 10.2 Å². The molecule has 118 valence electrons. The highest BCUT2D eigenvalue weighted by Gasteiger charge is 2.20. The normalized spacial score (nSPS) is 12.0. The number of ether oxygens (including phenoxy) is 1. The van der Waals surface area contributed by atoms with E-state index in [1.807, 2.05) is 45.9 Å². The van der Waals surface area contributed by atoms with Crippen molar-refractivity contribution in [2.75, 3.05) is 5.32 Å². The van der Waals surface area contributed by atoms with Crippen molar-refractivity contribution in [2.45, 2.75) is 46.6 Å². The van der Waals surface area contributed by atoms with Crippen LogP contribution in [0.25, 0.3) is 0 Å². The Balaban J connectivity index is 2.07. The van der Waals surface area contributed by atoms with Gasteiger partial charge in [-0.2, -0.15) is 0 Å². The Morgan fingerprint density at radius 3 is 2.73 bits per heavy atom. The third-order valence-corrected chi connectivity index (χ3v) is 4.26. The topological polar surface area (TPSA) is 64.1 Å². The highest BCUT2D eigenvalue weighted by atomic mass is 32.1. The first kappa shape index (κ1) is 16.4. The summed E-state index contributed by atoms with van der Waals surface area (Å²) >= 11 is 1.39. The van der Waals surface area contributed by atoms with Crippen molar-refractivity contribution in [3.63, 3.8) is 0 Å². The summed E-state index contributed by atoms with van der Waals surface area (Å²) in [4.78, 5) is 12.3. The first-order valence-corrected chi connectivity index (χ1v) is 8.22. The molecule has 2 aromatic rings. The molecule has 0 spiro atoms. The standard InChI is InChI=1S/C16H21N3O2S/c1-5-12(21-13-9-10(3)7-8-11(13)4)15(20)17-16-19-18-14(6-2)22-16/h7-9,12H,5-6H2,1-4H3,(H,17,19,20)/t12-/m0/s1. The Morgan fingerprint density at radius 1 is 1.32 bits per heavy atom. The summed E-state index contributed by atoms with van der Waals surface area (Å²) in [5.41, 5.74) is 2.12. The third kappa shape index (κ3) is 4.04. The largest absolute Gasteiger partial charge is 0.480 e. The second-order valence-electron chi connectivity index (χ2n) is 5.13. The molecule has 0 bridgehead atoms. The van der Waals surface area contributed by atoms with Crippen molar-refractivity contribution in [3.05, 3.63) is 34.3 Å². The molecule has 0 fully saturated rings. The van der Waals surface area contributed by atoms with Crippen LogP contribution in [0, 0.1) is 13.8 Å². The van der Waals surface area contributed by atoms with Crippen molar-refractivity contribution in [1.82, 2.24) is 10.2 Å². The van der Waals surface area contributed by atoms with Crippen molar-refractivity contribution in [3.8, 4) is 5.75 Å². The molecule has 1 aromatic heterocycles. The minimum absolute atomic E-state index is 0.192. The molecule has 5 nitrogen and oxygen atoms in total. The van der Waals surface area contributed by atoms with Gasteiger partial charge in [0.1, 0.15) is 10.8 Å². The lowest BCUT2D eigenvalue weighted by Gasteiger charge is -2.18. The van der Waals surface area contributed by atoms with Gasteiger partial charge in [0.05, 0.1) is 0 Å².